The quantitative estimate of drug-likeness (QED) is 0.678. The van der Waals surface area contributed by atoms with Crippen LogP contribution in [0.4, 0.5) is 5.13 Å². The first-order valence-electron chi connectivity index (χ1n) is 8.68. The number of carbonyl (C=O) groups is 2. The number of anilines is 1. The molecule has 6 nitrogen and oxygen atoms in total. The molecule has 0 atom stereocenters. The molecule has 1 N–H and O–H groups in total. The third-order valence-corrected chi connectivity index (χ3v) is 4.73. The smallest absolute Gasteiger partial charge is 0.254 e. The number of ether oxygens (including phenoxy) is 1. The standard InChI is InChI=1S/C19H25N3O3S/c1-4-5-6-11-22(12-17(23)21-19-20-14(2)13-26-19)18(24)15-7-9-16(25-3)10-8-15/h7-10,13H,4-6,11-12H2,1-3H3,(H,20,21,23). The average molecular weight is 375 g/mol. The second-order valence-electron chi connectivity index (χ2n) is 6.00. The Morgan fingerprint density at radius 1 is 1.23 bits per heavy atom. The number of aryl methyl sites for hydroxylation is 1. The highest BCUT2D eigenvalue weighted by atomic mass is 32.1. The van der Waals surface area contributed by atoms with Crippen LogP contribution in [0.15, 0.2) is 29.6 Å². The SMILES string of the molecule is CCCCCN(CC(=O)Nc1nc(C)cs1)C(=O)c1ccc(OC)cc1. The van der Waals surface area contributed by atoms with Crippen molar-refractivity contribution in [2.45, 2.75) is 33.1 Å². The van der Waals surface area contributed by atoms with Crippen LogP contribution in [0, 0.1) is 6.92 Å². The van der Waals surface area contributed by atoms with Crippen LogP contribution in [0.2, 0.25) is 0 Å². The minimum atomic E-state index is -0.238. The molecule has 0 radical (unpaired) electrons. The highest BCUT2D eigenvalue weighted by Crippen LogP contribution is 2.16. The number of amides is 2. The van der Waals surface area contributed by atoms with Crippen molar-refractivity contribution < 1.29 is 14.3 Å². The van der Waals surface area contributed by atoms with Gasteiger partial charge in [0.05, 0.1) is 12.8 Å². The maximum absolute atomic E-state index is 12.8. The first-order valence-corrected chi connectivity index (χ1v) is 9.56. The fraction of sp³-hybridized carbons (Fsp3) is 0.421. The first kappa shape index (κ1) is 19.9. The van der Waals surface area contributed by atoms with Gasteiger partial charge in [-0.2, -0.15) is 0 Å². The van der Waals surface area contributed by atoms with Gasteiger partial charge in [0.15, 0.2) is 5.13 Å². The van der Waals surface area contributed by atoms with E-state index >= 15 is 0 Å². The van der Waals surface area contributed by atoms with E-state index in [9.17, 15) is 9.59 Å². The summed E-state index contributed by atoms with van der Waals surface area (Å²) in [4.78, 5) is 31.0. The summed E-state index contributed by atoms with van der Waals surface area (Å²) in [6.45, 7) is 4.53. The molecular formula is C19H25N3O3S. The van der Waals surface area contributed by atoms with Gasteiger partial charge in [-0.3, -0.25) is 9.59 Å². The number of hydrogen-bond acceptors (Lipinski definition) is 5. The summed E-state index contributed by atoms with van der Waals surface area (Å²) >= 11 is 1.37. The zero-order chi connectivity index (χ0) is 18.9. The van der Waals surface area contributed by atoms with Crippen LogP contribution >= 0.6 is 11.3 Å². The highest BCUT2D eigenvalue weighted by molar-refractivity contribution is 7.13. The predicted molar refractivity (Wildman–Crippen MR) is 104 cm³/mol. The number of thiazole rings is 1. The van der Waals surface area contributed by atoms with E-state index in [2.05, 4.69) is 17.2 Å². The van der Waals surface area contributed by atoms with Crippen molar-refractivity contribution in [3.05, 3.63) is 40.9 Å². The molecule has 0 saturated carbocycles. The van der Waals surface area contributed by atoms with E-state index in [0.717, 1.165) is 25.0 Å². The molecule has 2 amide bonds. The van der Waals surface area contributed by atoms with Crippen molar-refractivity contribution >= 4 is 28.3 Å². The molecule has 1 aromatic heterocycles. The Morgan fingerprint density at radius 3 is 2.54 bits per heavy atom. The van der Waals surface area contributed by atoms with Crippen LogP contribution in [0.1, 0.15) is 42.2 Å². The molecule has 26 heavy (non-hydrogen) atoms. The van der Waals surface area contributed by atoms with Crippen LogP contribution in [0.3, 0.4) is 0 Å². The molecule has 1 aromatic carbocycles. The number of nitrogens with one attached hydrogen (secondary N) is 1. The molecule has 2 rings (SSSR count). The zero-order valence-corrected chi connectivity index (χ0v) is 16.3. The molecule has 0 unspecified atom stereocenters. The third-order valence-electron chi connectivity index (χ3n) is 3.86. The van der Waals surface area contributed by atoms with Gasteiger partial charge in [0.1, 0.15) is 12.3 Å². The Balaban J connectivity index is 2.05. The number of hydrogen-bond donors (Lipinski definition) is 1. The second kappa shape index (κ2) is 9.91. The largest absolute Gasteiger partial charge is 0.497 e. The van der Waals surface area contributed by atoms with Crippen molar-refractivity contribution in [3.8, 4) is 5.75 Å². The molecule has 0 fully saturated rings. The molecule has 7 heteroatoms. The summed E-state index contributed by atoms with van der Waals surface area (Å²) < 4.78 is 5.13. The fourth-order valence-electron chi connectivity index (χ4n) is 2.46. The Kier molecular flexibility index (Phi) is 7.59. The molecule has 0 aliphatic rings. The molecule has 140 valence electrons. The summed E-state index contributed by atoms with van der Waals surface area (Å²) in [6, 6.07) is 6.93. The number of methoxy groups -OCH3 is 1. The monoisotopic (exact) mass is 375 g/mol. The number of aromatic nitrogens is 1. The summed E-state index contributed by atoms with van der Waals surface area (Å²) in [5.41, 5.74) is 1.40. The van der Waals surface area contributed by atoms with Gasteiger partial charge in [-0.05, 0) is 37.6 Å². The van der Waals surface area contributed by atoms with Gasteiger partial charge in [0.25, 0.3) is 5.91 Å². The van der Waals surface area contributed by atoms with Crippen LogP contribution < -0.4 is 10.1 Å². The number of nitrogens with zero attached hydrogens (tertiary/aromatic N) is 2. The molecule has 0 aliphatic carbocycles. The minimum Gasteiger partial charge on any atom is -0.497 e. The number of unbranched alkanes of at least 4 members (excludes halogenated alkanes) is 2. The Labute approximate surface area is 158 Å². The maximum Gasteiger partial charge on any atom is 0.254 e. The van der Waals surface area contributed by atoms with Crippen LogP contribution in [0.5, 0.6) is 5.75 Å². The lowest BCUT2D eigenvalue weighted by molar-refractivity contribution is -0.116. The Morgan fingerprint density at radius 2 is 1.96 bits per heavy atom. The number of rotatable bonds is 9. The van der Waals surface area contributed by atoms with Crippen molar-refractivity contribution in [2.75, 3.05) is 25.5 Å². The second-order valence-corrected chi connectivity index (χ2v) is 6.86. The van der Waals surface area contributed by atoms with Crippen molar-refractivity contribution in [1.82, 2.24) is 9.88 Å². The molecule has 0 aliphatic heterocycles. The molecule has 2 aromatic rings. The minimum absolute atomic E-state index is 0.00715. The molecule has 1 heterocycles. The molecule has 0 saturated heterocycles. The highest BCUT2D eigenvalue weighted by Gasteiger charge is 2.19. The van der Waals surface area contributed by atoms with Gasteiger partial charge in [-0.15, -0.1) is 11.3 Å². The van der Waals surface area contributed by atoms with Gasteiger partial charge >= 0.3 is 0 Å². The predicted octanol–water partition coefficient (Wildman–Crippen LogP) is 3.73. The van der Waals surface area contributed by atoms with Gasteiger partial charge in [-0.25, -0.2) is 4.98 Å². The van der Waals surface area contributed by atoms with Crippen molar-refractivity contribution in [2.24, 2.45) is 0 Å². The van der Waals surface area contributed by atoms with Gasteiger partial charge < -0.3 is 15.0 Å². The van der Waals surface area contributed by atoms with E-state index in [-0.39, 0.29) is 18.4 Å². The fourth-order valence-corrected chi connectivity index (χ4v) is 3.17. The van der Waals surface area contributed by atoms with Gasteiger partial charge in [0.2, 0.25) is 5.91 Å². The van der Waals surface area contributed by atoms with Crippen LogP contribution in [-0.4, -0.2) is 41.9 Å². The van der Waals surface area contributed by atoms with Crippen molar-refractivity contribution in [1.29, 1.82) is 0 Å². The third kappa shape index (κ3) is 5.84. The van der Waals surface area contributed by atoms with E-state index in [1.807, 2.05) is 12.3 Å². The van der Waals surface area contributed by atoms with E-state index < -0.39 is 0 Å². The number of benzene rings is 1. The molecular weight excluding hydrogens is 350 g/mol. The average Bonchev–Trinajstić information content (AvgIpc) is 3.05. The normalized spacial score (nSPS) is 10.4. The number of carbonyl (C=O) groups excluding carboxylic acids is 2. The van der Waals surface area contributed by atoms with E-state index in [1.165, 1.54) is 11.3 Å². The van der Waals surface area contributed by atoms with Crippen molar-refractivity contribution in [3.63, 3.8) is 0 Å². The van der Waals surface area contributed by atoms with Crippen LogP contribution in [0.25, 0.3) is 0 Å². The zero-order valence-electron chi connectivity index (χ0n) is 15.4. The lowest BCUT2D eigenvalue weighted by atomic mass is 10.1. The first-order chi connectivity index (χ1) is 12.5. The summed E-state index contributed by atoms with van der Waals surface area (Å²) in [6.07, 6.45) is 2.93. The summed E-state index contributed by atoms with van der Waals surface area (Å²) in [5, 5.41) is 5.19. The summed E-state index contributed by atoms with van der Waals surface area (Å²) in [5.74, 6) is 0.294. The van der Waals surface area contributed by atoms with Crippen LogP contribution in [-0.2, 0) is 4.79 Å². The Bertz CT molecular complexity index is 728. The lowest BCUT2D eigenvalue weighted by Gasteiger charge is -2.22. The van der Waals surface area contributed by atoms with E-state index in [0.29, 0.717) is 23.0 Å². The lowest BCUT2D eigenvalue weighted by Crippen LogP contribution is -2.38. The molecule has 0 spiro atoms. The van der Waals surface area contributed by atoms with E-state index in [4.69, 9.17) is 4.74 Å². The topological polar surface area (TPSA) is 71.5 Å². The van der Waals surface area contributed by atoms with Gasteiger partial charge in [-0.1, -0.05) is 19.8 Å². The van der Waals surface area contributed by atoms with Gasteiger partial charge in [0, 0.05) is 17.5 Å². The molecule has 0 bridgehead atoms. The maximum atomic E-state index is 12.8. The summed E-state index contributed by atoms with van der Waals surface area (Å²) in [7, 11) is 1.58. The van der Waals surface area contributed by atoms with E-state index in [1.54, 1.807) is 36.3 Å². The Hall–Kier alpha value is -2.41.